The summed E-state index contributed by atoms with van der Waals surface area (Å²) in [4.78, 5) is 4.86. The van der Waals surface area contributed by atoms with Gasteiger partial charge in [0.05, 0.1) is 24.4 Å². The molecule has 9 heteroatoms. The first-order chi connectivity index (χ1) is 26.2. The number of rotatable bonds is 17. The third kappa shape index (κ3) is 13.3. The van der Waals surface area contributed by atoms with Crippen LogP contribution in [-0.2, 0) is 29.2 Å². The molecule has 1 heterocycles. The van der Waals surface area contributed by atoms with E-state index in [1.54, 1.807) is 0 Å². The molecule has 4 aliphatic rings. The second-order valence-electron chi connectivity index (χ2n) is 20.1. The highest BCUT2D eigenvalue weighted by Crippen LogP contribution is 2.54. The summed E-state index contributed by atoms with van der Waals surface area (Å²) in [5, 5.41) is 0. The van der Waals surface area contributed by atoms with Crippen LogP contribution in [0, 0.1) is 71.0 Å². The fraction of sp³-hybridized carbons (Fsp3) is 0.891. The quantitative estimate of drug-likeness (QED) is 0.145. The summed E-state index contributed by atoms with van der Waals surface area (Å²) in [5.74, 6) is 7.36. The Balaban J connectivity index is 1.39. The lowest BCUT2D eigenvalue weighted by Crippen LogP contribution is -2.36. The molecule has 0 aliphatic heterocycles. The molecule has 316 valence electrons. The van der Waals surface area contributed by atoms with Crippen LogP contribution in [0.15, 0.2) is 18.3 Å². The fourth-order valence-corrected chi connectivity index (χ4v) is 13.1. The van der Waals surface area contributed by atoms with E-state index < -0.39 is 17.2 Å². The molecule has 13 atom stereocenters. The smallest absolute Gasteiger partial charge is 0.397 e. The topological polar surface area (TPSA) is 68.3 Å². The highest BCUT2D eigenvalue weighted by Gasteiger charge is 2.41. The lowest BCUT2D eigenvalue weighted by molar-refractivity contribution is -0.0136. The average Bonchev–Trinajstić information content (AvgIpc) is 3.10. The predicted molar refractivity (Wildman–Crippen MR) is 228 cm³/mol. The van der Waals surface area contributed by atoms with Gasteiger partial charge < -0.3 is 18.1 Å². The Kier molecular flexibility index (Phi) is 18.1. The third-order valence-electron chi connectivity index (χ3n) is 14.1. The standard InChI is InChI=1S/C46H81NO6P2/c1-29(2)37-19-15-33(9)24-43(37)50-54(51-44-25-34(10)16-20-38(44)30(3)4)48-28-41-42(14-13-23-47-41)49-55(52-45-26-35(11)17-21-39(45)31(5)6)53-46-27-36(12)18-22-40(46)32(7)8/h13-14,23,29-40,43-46H,15-22,24-28H2,1-12H3/t33-,34-,35-,36-,37+,38+,39+,40+,43-,44-,45-,46?,55?/m1/s1. The van der Waals surface area contributed by atoms with Gasteiger partial charge in [0, 0.05) is 6.20 Å². The summed E-state index contributed by atoms with van der Waals surface area (Å²) in [6.07, 6.45) is 16.3. The monoisotopic (exact) mass is 806 g/mol. The Morgan fingerprint density at radius 3 is 1.22 bits per heavy atom. The molecule has 0 spiro atoms. The van der Waals surface area contributed by atoms with Crippen LogP contribution in [0.1, 0.15) is 166 Å². The zero-order chi connectivity index (χ0) is 39.8. The number of aromatic nitrogens is 1. The first kappa shape index (κ1) is 45.7. The van der Waals surface area contributed by atoms with E-state index in [0.717, 1.165) is 31.4 Å². The van der Waals surface area contributed by atoms with E-state index in [-0.39, 0.29) is 31.0 Å². The number of hydrogen-bond donors (Lipinski definition) is 0. The van der Waals surface area contributed by atoms with Crippen molar-refractivity contribution >= 4 is 17.2 Å². The van der Waals surface area contributed by atoms with Crippen molar-refractivity contribution in [3.63, 3.8) is 0 Å². The number of nitrogens with zero attached hydrogens (tertiary/aromatic N) is 1. The predicted octanol–water partition coefficient (Wildman–Crippen LogP) is 14.3. The van der Waals surface area contributed by atoms with Crippen molar-refractivity contribution < 1.29 is 27.1 Å². The maximum atomic E-state index is 7.08. The Hall–Kier alpha value is -0.390. The second-order valence-corrected chi connectivity index (χ2v) is 22.3. The van der Waals surface area contributed by atoms with Crippen molar-refractivity contribution in [3.05, 3.63) is 24.0 Å². The number of hydrogen-bond acceptors (Lipinski definition) is 7. The van der Waals surface area contributed by atoms with Gasteiger partial charge in [0.25, 0.3) is 0 Å². The molecule has 55 heavy (non-hydrogen) atoms. The molecule has 0 amide bonds. The molecule has 0 bridgehead atoms. The third-order valence-corrected chi connectivity index (χ3v) is 16.5. The molecule has 0 N–H and O–H groups in total. The number of pyridine rings is 1. The minimum atomic E-state index is -1.68. The van der Waals surface area contributed by atoms with Gasteiger partial charge in [-0.15, -0.1) is 0 Å². The molecule has 0 aromatic carbocycles. The largest absolute Gasteiger partial charge is 0.425 e. The first-order valence-electron chi connectivity index (χ1n) is 22.7. The molecule has 2 unspecified atom stereocenters. The van der Waals surface area contributed by atoms with Crippen LogP contribution in [-0.4, -0.2) is 29.4 Å². The van der Waals surface area contributed by atoms with Gasteiger partial charge in [-0.25, -0.2) is 0 Å². The minimum Gasteiger partial charge on any atom is -0.425 e. The normalized spacial score (nSPS) is 35.6. The van der Waals surface area contributed by atoms with Gasteiger partial charge in [-0.2, -0.15) is 0 Å². The Morgan fingerprint density at radius 2 is 0.873 bits per heavy atom. The van der Waals surface area contributed by atoms with Crippen LogP contribution >= 0.6 is 17.2 Å². The van der Waals surface area contributed by atoms with Crippen LogP contribution in [0.4, 0.5) is 0 Å². The van der Waals surface area contributed by atoms with E-state index in [1.165, 1.54) is 51.4 Å². The van der Waals surface area contributed by atoms with E-state index in [4.69, 9.17) is 32.1 Å². The highest BCUT2D eigenvalue weighted by molar-refractivity contribution is 7.42. The SMILES string of the molecule is CC(C)[C@@H]1CC[C@@H](C)CC1OP(Oc1cccnc1COP(O[C@@H]1C[C@H](C)CC[C@H]1C(C)C)O[C@@H]1C[C@H](C)CC[C@H]1C(C)C)O[C@@H]1C[C@H](C)CC[C@H]1C(C)C. The van der Waals surface area contributed by atoms with E-state index in [1.807, 2.05) is 18.3 Å². The van der Waals surface area contributed by atoms with Gasteiger partial charge in [-0.05, 0) is 135 Å². The zero-order valence-electron chi connectivity index (χ0n) is 37.0. The molecule has 0 radical (unpaired) electrons. The van der Waals surface area contributed by atoms with E-state index >= 15 is 0 Å². The summed E-state index contributed by atoms with van der Waals surface area (Å²) < 4.78 is 42.0. The molecule has 4 aliphatic carbocycles. The fourth-order valence-electron chi connectivity index (χ4n) is 10.3. The molecular formula is C46H81NO6P2. The second kappa shape index (κ2) is 21.7. The summed E-state index contributed by atoms with van der Waals surface area (Å²) in [5.41, 5.74) is 0.742. The van der Waals surface area contributed by atoms with Crippen molar-refractivity contribution in [1.29, 1.82) is 0 Å². The summed E-state index contributed by atoms with van der Waals surface area (Å²) in [7, 11) is -3.30. The van der Waals surface area contributed by atoms with Gasteiger partial charge in [0.15, 0.2) is 5.75 Å². The van der Waals surface area contributed by atoms with E-state index in [2.05, 4.69) is 83.1 Å². The van der Waals surface area contributed by atoms with Crippen molar-refractivity contribution in [3.8, 4) is 5.75 Å². The van der Waals surface area contributed by atoms with Gasteiger partial charge in [0.2, 0.25) is 0 Å². The zero-order valence-corrected chi connectivity index (χ0v) is 38.7. The van der Waals surface area contributed by atoms with Crippen molar-refractivity contribution in [2.45, 2.75) is 191 Å². The average molecular weight is 806 g/mol. The van der Waals surface area contributed by atoms with Crippen molar-refractivity contribution in [2.75, 3.05) is 0 Å². The summed E-state index contributed by atoms with van der Waals surface area (Å²) in [6.45, 7) is 28.4. The first-order valence-corrected chi connectivity index (χ1v) is 24.9. The summed E-state index contributed by atoms with van der Waals surface area (Å²) in [6, 6.07) is 3.97. The molecule has 1 aromatic heterocycles. The molecular weight excluding hydrogens is 724 g/mol. The molecule has 7 nitrogen and oxygen atoms in total. The minimum absolute atomic E-state index is 0.109. The lowest BCUT2D eigenvalue weighted by atomic mass is 9.75. The highest BCUT2D eigenvalue weighted by atomic mass is 31.2. The Bertz CT molecular complexity index is 1200. The molecule has 4 fully saturated rings. The van der Waals surface area contributed by atoms with Crippen LogP contribution in [0.25, 0.3) is 0 Å². The van der Waals surface area contributed by atoms with Gasteiger partial charge in [0.1, 0.15) is 12.3 Å². The maximum Gasteiger partial charge on any atom is 0.397 e. The Morgan fingerprint density at radius 1 is 0.527 bits per heavy atom. The van der Waals surface area contributed by atoms with Crippen LogP contribution in [0.2, 0.25) is 0 Å². The maximum absolute atomic E-state index is 7.08. The van der Waals surface area contributed by atoms with Crippen molar-refractivity contribution in [1.82, 2.24) is 4.98 Å². The van der Waals surface area contributed by atoms with Crippen LogP contribution < -0.4 is 4.52 Å². The van der Waals surface area contributed by atoms with Crippen LogP contribution in [0.5, 0.6) is 5.75 Å². The lowest BCUT2D eigenvalue weighted by Gasteiger charge is -2.41. The molecule has 0 saturated heterocycles. The van der Waals surface area contributed by atoms with Crippen LogP contribution in [0.3, 0.4) is 0 Å². The summed E-state index contributed by atoms with van der Waals surface area (Å²) >= 11 is 0. The van der Waals surface area contributed by atoms with Gasteiger partial charge >= 0.3 is 17.2 Å². The van der Waals surface area contributed by atoms with Gasteiger partial charge in [-0.3, -0.25) is 14.0 Å². The van der Waals surface area contributed by atoms with Gasteiger partial charge in [-0.1, -0.05) is 109 Å². The molecule has 1 aromatic rings. The molecule has 4 saturated carbocycles. The molecule has 5 rings (SSSR count). The van der Waals surface area contributed by atoms with E-state index in [0.29, 0.717) is 76.8 Å². The van der Waals surface area contributed by atoms with E-state index in [9.17, 15) is 0 Å². The van der Waals surface area contributed by atoms with Crippen molar-refractivity contribution in [2.24, 2.45) is 71.0 Å². The Labute approximate surface area is 340 Å².